The van der Waals surface area contributed by atoms with Gasteiger partial charge in [-0.1, -0.05) is 54.6 Å². The van der Waals surface area contributed by atoms with Gasteiger partial charge in [0.15, 0.2) is 0 Å². The molecule has 0 radical (unpaired) electrons. The van der Waals surface area contributed by atoms with Crippen molar-refractivity contribution in [2.45, 2.75) is 23.9 Å². The third-order valence-electron chi connectivity index (χ3n) is 4.57. The van der Waals surface area contributed by atoms with Crippen molar-refractivity contribution in [3.05, 3.63) is 101 Å². The average Bonchev–Trinajstić information content (AvgIpc) is 2.78. The zero-order chi connectivity index (χ0) is 22.3. The molecule has 0 saturated carbocycles. The molecule has 0 fully saturated rings. The van der Waals surface area contributed by atoms with Crippen LogP contribution >= 0.6 is 0 Å². The van der Waals surface area contributed by atoms with E-state index in [1.165, 1.54) is 12.1 Å². The topological polar surface area (TPSA) is 99.1 Å². The standard InChI is InChI=1S/C23H20FN3O3S/c24-20-8-4-5-9-22(20)31(29,30)27-21(14-17-6-2-1-3-7-17)23(28)26-16-19-12-10-18(15-25)11-13-19/h1-13,21,27H,14,16H2,(H,26,28)/t21-/m0/s1. The number of nitrogens with zero attached hydrogens (tertiary/aromatic N) is 1. The Balaban J connectivity index is 1.79. The molecule has 3 aromatic rings. The maximum Gasteiger partial charge on any atom is 0.244 e. The maximum absolute atomic E-state index is 14.1. The number of carbonyl (C=O) groups is 1. The number of halogens is 1. The van der Waals surface area contributed by atoms with E-state index in [0.717, 1.165) is 23.3 Å². The van der Waals surface area contributed by atoms with E-state index < -0.39 is 32.7 Å². The molecule has 31 heavy (non-hydrogen) atoms. The minimum Gasteiger partial charge on any atom is -0.351 e. The van der Waals surface area contributed by atoms with Gasteiger partial charge in [-0.05, 0) is 41.8 Å². The molecule has 6 nitrogen and oxygen atoms in total. The molecule has 0 spiro atoms. The van der Waals surface area contributed by atoms with E-state index in [4.69, 9.17) is 5.26 Å². The van der Waals surface area contributed by atoms with Crippen LogP contribution in [-0.4, -0.2) is 20.4 Å². The summed E-state index contributed by atoms with van der Waals surface area (Å²) in [5.41, 5.74) is 2.00. The monoisotopic (exact) mass is 437 g/mol. The van der Waals surface area contributed by atoms with Crippen LogP contribution in [0.5, 0.6) is 0 Å². The molecule has 0 saturated heterocycles. The molecule has 8 heteroatoms. The molecule has 0 aliphatic heterocycles. The third-order valence-corrected chi connectivity index (χ3v) is 6.08. The summed E-state index contributed by atoms with van der Waals surface area (Å²) >= 11 is 0. The highest BCUT2D eigenvalue weighted by Crippen LogP contribution is 2.15. The van der Waals surface area contributed by atoms with Gasteiger partial charge < -0.3 is 5.32 Å². The first-order valence-electron chi connectivity index (χ1n) is 9.46. The number of nitrogens with one attached hydrogen (secondary N) is 2. The summed E-state index contributed by atoms with van der Waals surface area (Å²) in [6, 6.07) is 21.5. The van der Waals surface area contributed by atoms with Crippen molar-refractivity contribution >= 4 is 15.9 Å². The van der Waals surface area contributed by atoms with Crippen molar-refractivity contribution in [2.24, 2.45) is 0 Å². The zero-order valence-corrected chi connectivity index (χ0v) is 17.3. The van der Waals surface area contributed by atoms with Crippen LogP contribution < -0.4 is 10.0 Å². The van der Waals surface area contributed by atoms with E-state index in [1.54, 1.807) is 48.5 Å². The van der Waals surface area contributed by atoms with Crippen LogP contribution in [0.25, 0.3) is 0 Å². The first kappa shape index (κ1) is 22.2. The highest BCUT2D eigenvalue weighted by atomic mass is 32.2. The van der Waals surface area contributed by atoms with E-state index >= 15 is 0 Å². The molecule has 0 aromatic heterocycles. The summed E-state index contributed by atoms with van der Waals surface area (Å²) in [6.07, 6.45) is 0.0910. The number of nitriles is 1. The number of hydrogen-bond acceptors (Lipinski definition) is 4. The molecule has 158 valence electrons. The highest BCUT2D eigenvalue weighted by Gasteiger charge is 2.27. The van der Waals surface area contributed by atoms with E-state index in [0.29, 0.717) is 5.56 Å². The van der Waals surface area contributed by atoms with E-state index in [9.17, 15) is 17.6 Å². The van der Waals surface area contributed by atoms with Crippen LogP contribution in [0.4, 0.5) is 4.39 Å². The van der Waals surface area contributed by atoms with Crippen molar-refractivity contribution in [3.63, 3.8) is 0 Å². The molecule has 3 aromatic carbocycles. The molecule has 3 rings (SSSR count). The van der Waals surface area contributed by atoms with Gasteiger partial charge in [0.1, 0.15) is 16.8 Å². The Morgan fingerprint density at radius 3 is 2.23 bits per heavy atom. The van der Waals surface area contributed by atoms with Gasteiger partial charge in [-0.2, -0.15) is 9.98 Å². The fourth-order valence-electron chi connectivity index (χ4n) is 2.96. The maximum atomic E-state index is 14.1. The van der Waals surface area contributed by atoms with Gasteiger partial charge in [0.2, 0.25) is 15.9 Å². The van der Waals surface area contributed by atoms with Crippen molar-refractivity contribution in [1.82, 2.24) is 10.0 Å². The minimum absolute atomic E-state index is 0.0910. The number of benzene rings is 3. The first-order valence-corrected chi connectivity index (χ1v) is 10.9. The lowest BCUT2D eigenvalue weighted by atomic mass is 10.1. The lowest BCUT2D eigenvalue weighted by Gasteiger charge is -2.19. The van der Waals surface area contributed by atoms with E-state index in [2.05, 4.69) is 10.0 Å². The molecular weight excluding hydrogens is 417 g/mol. The van der Waals surface area contributed by atoms with Crippen LogP contribution in [0.3, 0.4) is 0 Å². The Kier molecular flexibility index (Phi) is 7.13. The molecule has 0 aliphatic rings. The van der Waals surface area contributed by atoms with Gasteiger partial charge in [-0.25, -0.2) is 12.8 Å². The van der Waals surface area contributed by atoms with Gasteiger partial charge in [0, 0.05) is 6.54 Å². The first-order chi connectivity index (χ1) is 14.9. The number of amides is 1. The highest BCUT2D eigenvalue weighted by molar-refractivity contribution is 7.89. The van der Waals surface area contributed by atoms with Gasteiger partial charge >= 0.3 is 0 Å². The second-order valence-electron chi connectivity index (χ2n) is 6.82. The predicted octanol–water partition coefficient (Wildman–Crippen LogP) is 2.90. The van der Waals surface area contributed by atoms with Crippen LogP contribution in [0.1, 0.15) is 16.7 Å². The summed E-state index contributed by atoms with van der Waals surface area (Å²) in [6.45, 7) is 0.150. The number of sulfonamides is 1. The lowest BCUT2D eigenvalue weighted by molar-refractivity contribution is -0.122. The quantitative estimate of drug-likeness (QED) is 0.566. The second-order valence-corrected chi connectivity index (χ2v) is 8.50. The molecule has 1 amide bonds. The Hall–Kier alpha value is -3.54. The van der Waals surface area contributed by atoms with Crippen molar-refractivity contribution in [2.75, 3.05) is 0 Å². The van der Waals surface area contributed by atoms with Gasteiger partial charge in [-0.15, -0.1) is 0 Å². The minimum atomic E-state index is -4.27. The largest absolute Gasteiger partial charge is 0.351 e. The van der Waals surface area contributed by atoms with Crippen LogP contribution in [-0.2, 0) is 27.8 Å². The van der Waals surface area contributed by atoms with Crippen molar-refractivity contribution in [3.8, 4) is 6.07 Å². The molecular formula is C23H20FN3O3S. The fourth-order valence-corrected chi connectivity index (χ4v) is 4.24. The second kappa shape index (κ2) is 9.98. The van der Waals surface area contributed by atoms with Gasteiger partial charge in [0.05, 0.1) is 11.6 Å². The van der Waals surface area contributed by atoms with Gasteiger partial charge in [0.25, 0.3) is 0 Å². The Morgan fingerprint density at radius 1 is 0.935 bits per heavy atom. The molecule has 0 heterocycles. The van der Waals surface area contributed by atoms with E-state index in [-0.39, 0.29) is 13.0 Å². The normalized spacial score (nSPS) is 12.0. The summed E-state index contributed by atoms with van der Waals surface area (Å²) in [5.74, 6) is -1.44. The predicted molar refractivity (Wildman–Crippen MR) is 114 cm³/mol. The Labute approximate surface area is 180 Å². The van der Waals surface area contributed by atoms with Crippen LogP contribution in [0.15, 0.2) is 83.8 Å². The summed E-state index contributed by atoms with van der Waals surface area (Å²) in [4.78, 5) is 12.3. The summed E-state index contributed by atoms with van der Waals surface area (Å²) in [7, 11) is -4.27. The fraction of sp³-hybridized carbons (Fsp3) is 0.130. The molecule has 1 atom stereocenters. The molecule has 0 unspecified atom stereocenters. The van der Waals surface area contributed by atoms with Crippen LogP contribution in [0.2, 0.25) is 0 Å². The Morgan fingerprint density at radius 2 is 1.58 bits per heavy atom. The molecule has 2 N–H and O–H groups in total. The lowest BCUT2D eigenvalue weighted by Crippen LogP contribution is -2.47. The molecule has 0 aliphatic carbocycles. The number of hydrogen-bond donors (Lipinski definition) is 2. The summed E-state index contributed by atoms with van der Waals surface area (Å²) < 4.78 is 41.9. The van der Waals surface area contributed by atoms with E-state index in [1.807, 2.05) is 12.1 Å². The smallest absolute Gasteiger partial charge is 0.244 e. The average molecular weight is 437 g/mol. The zero-order valence-electron chi connectivity index (χ0n) is 16.5. The number of carbonyl (C=O) groups excluding carboxylic acids is 1. The Bertz CT molecular complexity index is 1190. The van der Waals surface area contributed by atoms with Gasteiger partial charge in [-0.3, -0.25) is 4.79 Å². The third kappa shape index (κ3) is 5.98. The molecule has 0 bridgehead atoms. The van der Waals surface area contributed by atoms with Crippen LogP contribution in [0, 0.1) is 17.1 Å². The SMILES string of the molecule is N#Cc1ccc(CNC(=O)[C@H](Cc2ccccc2)NS(=O)(=O)c2ccccc2F)cc1. The summed E-state index contributed by atoms with van der Waals surface area (Å²) in [5, 5.41) is 11.6. The number of rotatable bonds is 8. The van der Waals surface area contributed by atoms with Crippen molar-refractivity contribution in [1.29, 1.82) is 5.26 Å². The van der Waals surface area contributed by atoms with Crippen molar-refractivity contribution < 1.29 is 17.6 Å².